The molecule has 2 aliphatic carbocycles. The minimum atomic E-state index is -1.20. The van der Waals surface area contributed by atoms with Crippen LogP contribution in [0.3, 0.4) is 0 Å². The molecule has 0 aromatic carbocycles. The summed E-state index contributed by atoms with van der Waals surface area (Å²) in [6.07, 6.45) is 7.69. The van der Waals surface area contributed by atoms with Gasteiger partial charge in [0, 0.05) is 11.8 Å². The van der Waals surface area contributed by atoms with Crippen molar-refractivity contribution >= 4 is 0 Å². The second-order valence-corrected chi connectivity index (χ2v) is 7.17. The van der Waals surface area contributed by atoms with Crippen LogP contribution in [-0.4, -0.2) is 21.9 Å². The van der Waals surface area contributed by atoms with Crippen molar-refractivity contribution in [2.75, 3.05) is 0 Å². The first-order valence-electron chi connectivity index (χ1n) is 7.22. The van der Waals surface area contributed by atoms with Gasteiger partial charge in [0.25, 0.3) is 0 Å². The fourth-order valence-corrected chi connectivity index (χ4v) is 4.29. The van der Waals surface area contributed by atoms with Gasteiger partial charge in [0.2, 0.25) is 0 Å². The second kappa shape index (κ2) is 4.36. The van der Waals surface area contributed by atoms with Gasteiger partial charge in [-0.25, -0.2) is 0 Å². The Morgan fingerprint density at radius 3 is 2.53 bits per heavy atom. The molecule has 2 saturated carbocycles. The summed E-state index contributed by atoms with van der Waals surface area (Å²) in [6, 6.07) is 0. The van der Waals surface area contributed by atoms with Crippen LogP contribution in [-0.2, 0) is 0 Å². The van der Waals surface area contributed by atoms with E-state index in [4.69, 9.17) is 6.42 Å². The van der Waals surface area contributed by atoms with Crippen molar-refractivity contribution in [1.82, 2.24) is 0 Å². The summed E-state index contributed by atoms with van der Waals surface area (Å²) in [5.41, 5.74) is -1.03. The lowest BCUT2D eigenvalue weighted by atomic mass is 9.65. The smallest absolute Gasteiger partial charge is 0.133 e. The third kappa shape index (κ3) is 1.87. The highest BCUT2D eigenvalue weighted by atomic mass is 16.3. The molecule has 106 valence electrons. The van der Waals surface area contributed by atoms with Crippen molar-refractivity contribution < 1.29 is 10.2 Å². The topological polar surface area (TPSA) is 40.5 Å². The molecule has 0 heterocycles. The minimum absolute atomic E-state index is 0.0252. The van der Waals surface area contributed by atoms with Gasteiger partial charge in [-0.1, -0.05) is 39.7 Å². The molecule has 2 heteroatoms. The number of rotatable bonds is 3. The Balaban J connectivity index is 2.40. The Morgan fingerprint density at radius 2 is 2.05 bits per heavy atom. The van der Waals surface area contributed by atoms with E-state index in [0.717, 1.165) is 6.42 Å². The largest absolute Gasteiger partial charge is 0.392 e. The summed E-state index contributed by atoms with van der Waals surface area (Å²) in [4.78, 5) is 0. The van der Waals surface area contributed by atoms with Crippen molar-refractivity contribution in [3.8, 4) is 12.3 Å². The lowest BCUT2D eigenvalue weighted by Crippen LogP contribution is -2.53. The second-order valence-electron chi connectivity index (χ2n) is 7.17. The van der Waals surface area contributed by atoms with Crippen LogP contribution in [0.4, 0.5) is 0 Å². The molecule has 2 nitrogen and oxygen atoms in total. The molecule has 0 saturated heterocycles. The molecular formula is C17H26O2. The van der Waals surface area contributed by atoms with Crippen LogP contribution >= 0.6 is 0 Å². The normalized spacial score (nSPS) is 46.6. The van der Waals surface area contributed by atoms with Crippen LogP contribution in [0.1, 0.15) is 34.1 Å². The van der Waals surface area contributed by atoms with Crippen LogP contribution in [0, 0.1) is 47.3 Å². The van der Waals surface area contributed by atoms with E-state index in [9.17, 15) is 10.2 Å². The molecule has 0 spiro atoms. The zero-order valence-corrected chi connectivity index (χ0v) is 12.4. The number of aliphatic hydroxyl groups is 2. The molecule has 2 rings (SSSR count). The molecule has 0 aromatic rings. The molecule has 19 heavy (non-hydrogen) atoms. The Morgan fingerprint density at radius 1 is 1.47 bits per heavy atom. The van der Waals surface area contributed by atoms with Crippen molar-refractivity contribution in [3.05, 3.63) is 12.7 Å². The van der Waals surface area contributed by atoms with Crippen LogP contribution in [0.15, 0.2) is 12.7 Å². The maximum absolute atomic E-state index is 10.9. The van der Waals surface area contributed by atoms with Gasteiger partial charge in [-0.3, -0.25) is 0 Å². The Hall–Kier alpha value is -0.780. The van der Waals surface area contributed by atoms with Gasteiger partial charge in [-0.15, -0.1) is 13.0 Å². The first-order valence-corrected chi connectivity index (χ1v) is 7.22. The molecule has 0 radical (unpaired) electrons. The van der Waals surface area contributed by atoms with Crippen LogP contribution in [0.5, 0.6) is 0 Å². The standard InChI is InChI=1S/C17H26O2/c1-7-10(3)15(18)14-13-12(16(13,5)6)9-11(4)17(14,19)8-2/h2,7,10-15,18-19H,1,9H2,3-6H3/t10-,11-,12-,13-,14?,15-,17-/m1/s1. The maximum atomic E-state index is 10.9. The fourth-order valence-electron chi connectivity index (χ4n) is 4.29. The number of aliphatic hydroxyl groups excluding tert-OH is 1. The zero-order valence-electron chi connectivity index (χ0n) is 12.4. The summed E-state index contributed by atoms with van der Waals surface area (Å²) in [7, 11) is 0. The molecule has 2 fully saturated rings. The molecule has 7 atom stereocenters. The predicted octanol–water partition coefficient (Wildman–Crippen LogP) is 2.46. The van der Waals surface area contributed by atoms with Crippen molar-refractivity contribution in [2.24, 2.45) is 35.0 Å². The predicted molar refractivity (Wildman–Crippen MR) is 77.2 cm³/mol. The highest BCUT2D eigenvalue weighted by Crippen LogP contribution is 2.70. The third-order valence-electron chi connectivity index (χ3n) is 5.90. The average Bonchev–Trinajstić information content (AvgIpc) is 2.90. The lowest BCUT2D eigenvalue weighted by Gasteiger charge is -2.44. The molecule has 0 aromatic heterocycles. The van der Waals surface area contributed by atoms with E-state index >= 15 is 0 Å². The van der Waals surface area contributed by atoms with Gasteiger partial charge < -0.3 is 10.2 Å². The maximum Gasteiger partial charge on any atom is 0.133 e. The first-order chi connectivity index (χ1) is 8.71. The highest BCUT2D eigenvalue weighted by molar-refractivity contribution is 5.26. The van der Waals surface area contributed by atoms with Crippen LogP contribution in [0.2, 0.25) is 0 Å². The van der Waals surface area contributed by atoms with Crippen molar-refractivity contribution in [1.29, 1.82) is 0 Å². The zero-order chi connectivity index (χ0) is 14.6. The Kier molecular flexibility index (Phi) is 3.36. The van der Waals surface area contributed by atoms with E-state index < -0.39 is 11.7 Å². The third-order valence-corrected chi connectivity index (χ3v) is 5.90. The number of fused-ring (bicyclic) bond motifs is 1. The number of hydrogen-bond acceptors (Lipinski definition) is 2. The molecule has 2 N–H and O–H groups in total. The van der Waals surface area contributed by atoms with Gasteiger partial charge in [0.15, 0.2) is 0 Å². The summed E-state index contributed by atoms with van der Waals surface area (Å²) in [5.74, 6) is 3.17. The Labute approximate surface area is 116 Å². The highest BCUT2D eigenvalue weighted by Gasteiger charge is 2.70. The van der Waals surface area contributed by atoms with Crippen molar-refractivity contribution in [2.45, 2.75) is 45.8 Å². The molecule has 0 amide bonds. The number of terminal acetylenes is 1. The van der Waals surface area contributed by atoms with Gasteiger partial charge in [0.1, 0.15) is 5.60 Å². The Bertz CT molecular complexity index is 419. The summed E-state index contributed by atoms with van der Waals surface area (Å²) >= 11 is 0. The quantitative estimate of drug-likeness (QED) is 0.606. The molecular weight excluding hydrogens is 236 g/mol. The monoisotopic (exact) mass is 262 g/mol. The summed E-state index contributed by atoms with van der Waals surface area (Å²) < 4.78 is 0. The first kappa shape index (κ1) is 14.6. The fraction of sp³-hybridized carbons (Fsp3) is 0.765. The van der Waals surface area contributed by atoms with Gasteiger partial charge >= 0.3 is 0 Å². The SMILES string of the molecule is C#C[C@]1(O)C([C@H](O)[C@H](C)C=C)[C@H]2[C@@H](C[C@H]1C)C2(C)C. The number of hydrogen-bond donors (Lipinski definition) is 2. The summed E-state index contributed by atoms with van der Waals surface area (Å²) in [6.45, 7) is 12.1. The lowest BCUT2D eigenvalue weighted by molar-refractivity contribution is -0.104. The van der Waals surface area contributed by atoms with E-state index in [2.05, 4.69) is 26.3 Å². The molecule has 2 aliphatic rings. The van der Waals surface area contributed by atoms with E-state index in [-0.39, 0.29) is 23.2 Å². The van der Waals surface area contributed by atoms with Crippen LogP contribution < -0.4 is 0 Å². The van der Waals surface area contributed by atoms with E-state index in [0.29, 0.717) is 11.8 Å². The molecule has 1 unspecified atom stereocenters. The van der Waals surface area contributed by atoms with Crippen LogP contribution in [0.25, 0.3) is 0 Å². The molecule has 0 aliphatic heterocycles. The van der Waals surface area contributed by atoms with Gasteiger partial charge in [0.05, 0.1) is 6.10 Å². The average molecular weight is 262 g/mol. The van der Waals surface area contributed by atoms with E-state index in [1.807, 2.05) is 13.8 Å². The van der Waals surface area contributed by atoms with E-state index in [1.165, 1.54) is 0 Å². The van der Waals surface area contributed by atoms with Gasteiger partial charge in [-0.2, -0.15) is 0 Å². The van der Waals surface area contributed by atoms with E-state index in [1.54, 1.807) is 6.08 Å². The minimum Gasteiger partial charge on any atom is -0.392 e. The van der Waals surface area contributed by atoms with Crippen molar-refractivity contribution in [3.63, 3.8) is 0 Å². The summed E-state index contributed by atoms with van der Waals surface area (Å²) in [5, 5.41) is 21.6. The van der Waals surface area contributed by atoms with Gasteiger partial charge in [-0.05, 0) is 29.6 Å². The molecule has 0 bridgehead atoms.